The van der Waals surface area contributed by atoms with Crippen molar-refractivity contribution in [3.8, 4) is 11.5 Å². The van der Waals surface area contributed by atoms with Gasteiger partial charge in [0.1, 0.15) is 11.5 Å². The van der Waals surface area contributed by atoms with Crippen LogP contribution in [0, 0.1) is 0 Å². The molecule has 0 aliphatic heterocycles. The number of aromatic amines is 2. The first-order valence-electron chi connectivity index (χ1n) is 12.9. The summed E-state index contributed by atoms with van der Waals surface area (Å²) in [5.74, 6) is 0.380. The first kappa shape index (κ1) is 21.7. The average molecular weight is 507 g/mol. The molecule has 6 nitrogen and oxygen atoms in total. The summed E-state index contributed by atoms with van der Waals surface area (Å²) in [5, 5.41) is 26.0. The summed E-state index contributed by atoms with van der Waals surface area (Å²) in [6.07, 6.45) is 4.57. The zero-order valence-electron chi connectivity index (χ0n) is 20.7. The van der Waals surface area contributed by atoms with E-state index in [1.54, 1.807) is 0 Å². The maximum Gasteiger partial charge on any atom is 0.134 e. The molecule has 0 atom stereocenters. The summed E-state index contributed by atoms with van der Waals surface area (Å²) >= 11 is 0. The lowest BCUT2D eigenvalue weighted by atomic mass is 10.0. The molecule has 0 spiro atoms. The molecule has 0 radical (unpaired) electrons. The minimum Gasteiger partial charge on any atom is -0.507 e. The van der Waals surface area contributed by atoms with E-state index in [-0.39, 0.29) is 11.5 Å². The van der Waals surface area contributed by atoms with Crippen molar-refractivity contribution in [1.29, 1.82) is 0 Å². The van der Waals surface area contributed by atoms with Crippen molar-refractivity contribution in [2.75, 3.05) is 0 Å². The van der Waals surface area contributed by atoms with Gasteiger partial charge >= 0.3 is 0 Å². The average Bonchev–Trinajstić information content (AvgIpc) is 3.62. The van der Waals surface area contributed by atoms with E-state index < -0.39 is 0 Å². The largest absolute Gasteiger partial charge is 0.507 e. The van der Waals surface area contributed by atoms with Gasteiger partial charge in [0.15, 0.2) is 0 Å². The predicted octanol–water partition coefficient (Wildman–Crippen LogP) is 7.72. The van der Waals surface area contributed by atoms with E-state index in [1.165, 1.54) is 0 Å². The van der Waals surface area contributed by atoms with Crippen LogP contribution in [-0.4, -0.2) is 30.1 Å². The highest BCUT2D eigenvalue weighted by molar-refractivity contribution is 6.06. The van der Waals surface area contributed by atoms with Gasteiger partial charge in [0.25, 0.3) is 0 Å². The van der Waals surface area contributed by atoms with Crippen molar-refractivity contribution >= 4 is 71.8 Å². The Hall–Kier alpha value is -5.36. The molecule has 1 aliphatic carbocycles. The van der Waals surface area contributed by atoms with Crippen LogP contribution in [0.5, 0.6) is 11.5 Å². The third-order valence-corrected chi connectivity index (χ3v) is 7.60. The number of rotatable bonds is 0. The van der Waals surface area contributed by atoms with Gasteiger partial charge in [0.2, 0.25) is 0 Å². The number of H-pyrrole nitrogens is 2. The van der Waals surface area contributed by atoms with Crippen LogP contribution in [0.15, 0.2) is 91.0 Å². The number of hydrogen-bond donors (Lipinski definition) is 4. The number of hydrogen-bond acceptors (Lipinski definition) is 4. The molecule has 0 saturated heterocycles. The number of para-hydroxylation sites is 1. The van der Waals surface area contributed by atoms with Gasteiger partial charge in [-0.25, -0.2) is 9.97 Å². The van der Waals surface area contributed by atoms with Crippen LogP contribution >= 0.6 is 0 Å². The molecule has 0 unspecified atom stereocenters. The molecular formula is C33H22N4O2. The first-order chi connectivity index (χ1) is 19.1. The van der Waals surface area contributed by atoms with E-state index in [2.05, 4.69) is 16.0 Å². The van der Waals surface area contributed by atoms with Crippen molar-refractivity contribution in [2.45, 2.75) is 6.42 Å². The Kier molecular flexibility index (Phi) is 4.49. The fourth-order valence-electron chi connectivity index (χ4n) is 5.60. The summed E-state index contributed by atoms with van der Waals surface area (Å²) in [7, 11) is 0. The van der Waals surface area contributed by atoms with Crippen LogP contribution in [-0.2, 0) is 6.42 Å². The maximum atomic E-state index is 11.4. The van der Waals surface area contributed by atoms with Gasteiger partial charge in [-0.1, -0.05) is 42.5 Å². The molecule has 1 aliphatic rings. The maximum absolute atomic E-state index is 11.4. The number of nitrogens with zero attached hydrogens (tertiary/aromatic N) is 2. The standard InChI is InChI=1S/C33H22N4O2/c38-32-22-3-1-5-24(32)28-13-9-18-7-8-19-10-14-29(37-31(19)30(18)36-28)25-6-2-4-23(33(25)39)27-16-12-21(35-27)17-20-11-15-26(22)34-20/h1-5,7-17,34-35,38-39H,6H2. The van der Waals surface area contributed by atoms with Crippen LogP contribution in [0.3, 0.4) is 0 Å². The molecule has 0 amide bonds. The highest BCUT2D eigenvalue weighted by Crippen LogP contribution is 2.34. The van der Waals surface area contributed by atoms with Gasteiger partial charge in [-0.05, 0) is 61.0 Å². The lowest BCUT2D eigenvalue weighted by Crippen LogP contribution is -1.93. The highest BCUT2D eigenvalue weighted by atomic mass is 16.3. The quantitative estimate of drug-likeness (QED) is 0.158. The lowest BCUT2D eigenvalue weighted by Gasteiger charge is -2.10. The molecule has 8 rings (SSSR count). The summed E-state index contributed by atoms with van der Waals surface area (Å²) in [6.45, 7) is 0. The van der Waals surface area contributed by atoms with Crippen molar-refractivity contribution in [1.82, 2.24) is 19.9 Å². The molecule has 0 saturated carbocycles. The highest BCUT2D eigenvalue weighted by Gasteiger charge is 2.14. The topological polar surface area (TPSA) is 97.8 Å². The molecule has 0 fully saturated rings. The monoisotopic (exact) mass is 506 g/mol. The Morgan fingerprint density at radius 1 is 0.615 bits per heavy atom. The zero-order valence-corrected chi connectivity index (χ0v) is 20.7. The number of phenolic OH excluding ortho intramolecular Hbond substituents is 1. The number of benzene rings is 2. The van der Waals surface area contributed by atoms with Crippen LogP contribution < -0.4 is 0 Å². The van der Waals surface area contributed by atoms with Gasteiger partial charge in [-0.3, -0.25) is 0 Å². The Balaban J connectivity index is 1.61. The van der Waals surface area contributed by atoms with Gasteiger partial charge in [-0.2, -0.15) is 0 Å². The van der Waals surface area contributed by atoms with E-state index >= 15 is 0 Å². The summed E-state index contributed by atoms with van der Waals surface area (Å²) in [5.41, 5.74) is 7.76. The second kappa shape index (κ2) is 8.07. The van der Waals surface area contributed by atoms with Crippen molar-refractivity contribution in [3.63, 3.8) is 0 Å². The third kappa shape index (κ3) is 3.35. The van der Waals surface area contributed by atoms with Gasteiger partial charge in [0.05, 0.1) is 22.1 Å². The Bertz CT molecular complexity index is 2290. The van der Waals surface area contributed by atoms with Crippen molar-refractivity contribution < 1.29 is 10.2 Å². The number of phenols is 1. The van der Waals surface area contributed by atoms with Crippen LogP contribution in [0.1, 0.15) is 11.1 Å². The molecular weight excluding hydrogens is 484 g/mol. The fraction of sp³-hybridized carbons (Fsp3) is 0.0303. The normalized spacial score (nSPS) is 12.6. The number of pyridine rings is 2. The predicted molar refractivity (Wildman–Crippen MR) is 158 cm³/mol. The van der Waals surface area contributed by atoms with Gasteiger partial charge in [0, 0.05) is 54.7 Å². The van der Waals surface area contributed by atoms with Crippen LogP contribution in [0.25, 0.3) is 71.8 Å². The summed E-state index contributed by atoms with van der Waals surface area (Å²) in [4.78, 5) is 16.9. The van der Waals surface area contributed by atoms with Crippen molar-refractivity contribution in [3.05, 3.63) is 102 Å². The first-order valence-corrected chi connectivity index (χ1v) is 12.9. The molecule has 2 aromatic carbocycles. The Labute approximate surface area is 221 Å². The molecule has 39 heavy (non-hydrogen) atoms. The van der Waals surface area contributed by atoms with E-state index in [0.717, 1.165) is 55.0 Å². The zero-order chi connectivity index (χ0) is 26.1. The van der Waals surface area contributed by atoms with E-state index in [0.29, 0.717) is 28.2 Å². The van der Waals surface area contributed by atoms with Crippen LogP contribution in [0.2, 0.25) is 0 Å². The fourth-order valence-corrected chi connectivity index (χ4v) is 5.60. The minimum atomic E-state index is 0.165. The second-order valence-corrected chi connectivity index (χ2v) is 9.95. The molecule has 6 heteroatoms. The Morgan fingerprint density at radius 3 is 2.05 bits per heavy atom. The number of allylic oxidation sites excluding steroid dienone is 1. The molecule has 186 valence electrons. The molecule has 4 N–H and O–H groups in total. The third-order valence-electron chi connectivity index (χ3n) is 7.60. The molecule has 5 heterocycles. The molecule has 5 aromatic heterocycles. The minimum absolute atomic E-state index is 0.165. The summed E-state index contributed by atoms with van der Waals surface area (Å²) < 4.78 is 0. The van der Waals surface area contributed by atoms with E-state index in [9.17, 15) is 10.2 Å². The molecule has 7 aromatic rings. The lowest BCUT2D eigenvalue weighted by molar-refractivity contribution is 0.469. The Morgan fingerprint density at radius 2 is 1.26 bits per heavy atom. The number of fused-ring (bicyclic) bond motifs is 14. The summed E-state index contributed by atoms with van der Waals surface area (Å²) in [6, 6.07) is 27.6. The van der Waals surface area contributed by atoms with E-state index in [1.807, 2.05) is 91.0 Å². The van der Waals surface area contributed by atoms with E-state index in [4.69, 9.17) is 9.97 Å². The van der Waals surface area contributed by atoms with Crippen molar-refractivity contribution in [2.24, 2.45) is 0 Å². The van der Waals surface area contributed by atoms with Crippen LogP contribution in [0.4, 0.5) is 0 Å². The molecule has 12 bridgehead atoms. The number of aromatic hydroxyl groups is 2. The number of nitrogens with one attached hydrogen (secondary N) is 2. The smallest absolute Gasteiger partial charge is 0.134 e. The number of aromatic nitrogens is 4. The SMILES string of the molecule is Oc1c2c3ccc4ccc5ccc(nc5c4n3)c3cccc(c3O)c3ccc(cc4ccc([nH]4)c1C=CC2)[nH]3. The van der Waals surface area contributed by atoms with Gasteiger partial charge < -0.3 is 20.2 Å². The second-order valence-electron chi connectivity index (χ2n) is 9.95. The van der Waals surface area contributed by atoms with Gasteiger partial charge in [-0.15, -0.1) is 0 Å².